The number of carboxylic acid groups (broad SMARTS) is 1. The molecule has 2 heterocycles. The summed E-state index contributed by atoms with van der Waals surface area (Å²) < 4.78 is 0. The van der Waals surface area contributed by atoms with E-state index in [0.717, 1.165) is 25.4 Å². The van der Waals surface area contributed by atoms with Gasteiger partial charge in [0.2, 0.25) is 0 Å². The highest BCUT2D eigenvalue weighted by Gasteiger charge is 2.34. The minimum atomic E-state index is -0.643. The van der Waals surface area contributed by atoms with Gasteiger partial charge in [0.15, 0.2) is 0 Å². The van der Waals surface area contributed by atoms with E-state index in [4.69, 9.17) is 5.11 Å². The van der Waals surface area contributed by atoms with Crippen LogP contribution in [-0.2, 0) is 4.79 Å². The first kappa shape index (κ1) is 11.3. The molecule has 0 aliphatic carbocycles. The molecule has 2 fully saturated rings. The fourth-order valence-electron chi connectivity index (χ4n) is 2.69. The predicted molar refractivity (Wildman–Crippen MR) is 62.2 cm³/mol. The van der Waals surface area contributed by atoms with Gasteiger partial charge in [0.05, 0.1) is 0 Å². The van der Waals surface area contributed by atoms with Gasteiger partial charge in [-0.25, -0.2) is 0 Å². The number of carboxylic acids is 1. The van der Waals surface area contributed by atoms with Crippen LogP contribution in [-0.4, -0.2) is 46.6 Å². The Morgan fingerprint density at radius 2 is 2.33 bits per heavy atom. The highest BCUT2D eigenvalue weighted by molar-refractivity contribution is 7.99. The zero-order valence-corrected chi connectivity index (χ0v) is 10.0. The predicted octanol–water partition coefficient (Wildman–Crippen LogP) is 1.53. The average molecular weight is 229 g/mol. The molecule has 0 bridgehead atoms. The van der Waals surface area contributed by atoms with Crippen LogP contribution in [0.3, 0.4) is 0 Å². The van der Waals surface area contributed by atoms with E-state index in [1.807, 2.05) is 11.8 Å². The van der Waals surface area contributed by atoms with E-state index in [9.17, 15) is 4.79 Å². The van der Waals surface area contributed by atoms with Crippen LogP contribution in [0.5, 0.6) is 0 Å². The summed E-state index contributed by atoms with van der Waals surface area (Å²) in [6.07, 6.45) is 1.42. The van der Waals surface area contributed by atoms with Crippen molar-refractivity contribution < 1.29 is 9.90 Å². The van der Waals surface area contributed by atoms with Crippen molar-refractivity contribution in [3.63, 3.8) is 0 Å². The van der Waals surface area contributed by atoms with E-state index in [2.05, 4.69) is 11.8 Å². The molecule has 0 aromatic carbocycles. The third kappa shape index (κ3) is 2.67. The van der Waals surface area contributed by atoms with Gasteiger partial charge >= 0.3 is 5.97 Å². The number of thioether (sulfide) groups is 1. The smallest absolute Gasteiger partial charge is 0.303 e. The Balaban J connectivity index is 1.84. The molecule has 2 saturated heterocycles. The van der Waals surface area contributed by atoms with E-state index in [1.54, 1.807) is 0 Å². The summed E-state index contributed by atoms with van der Waals surface area (Å²) in [6.45, 7) is 4.42. The second-order valence-corrected chi connectivity index (χ2v) is 5.90. The summed E-state index contributed by atoms with van der Waals surface area (Å²) >= 11 is 2.03. The summed E-state index contributed by atoms with van der Waals surface area (Å²) in [4.78, 5) is 13.1. The Morgan fingerprint density at radius 1 is 1.53 bits per heavy atom. The maximum absolute atomic E-state index is 10.6. The van der Waals surface area contributed by atoms with Crippen LogP contribution in [0, 0.1) is 11.8 Å². The van der Waals surface area contributed by atoms with Gasteiger partial charge in [0.1, 0.15) is 0 Å². The molecular formula is C11H19NO2S. The maximum atomic E-state index is 10.6. The number of nitrogens with zero attached hydrogens (tertiary/aromatic N) is 1. The normalized spacial score (nSPS) is 37.3. The first-order valence-corrected chi connectivity index (χ1v) is 6.86. The number of rotatable bonds is 3. The Kier molecular flexibility index (Phi) is 3.57. The van der Waals surface area contributed by atoms with Gasteiger partial charge in [-0.1, -0.05) is 6.92 Å². The molecule has 15 heavy (non-hydrogen) atoms. The third-order valence-electron chi connectivity index (χ3n) is 3.58. The van der Waals surface area contributed by atoms with Crippen LogP contribution in [0.4, 0.5) is 0 Å². The summed E-state index contributed by atoms with van der Waals surface area (Å²) in [6, 6.07) is 0.703. The Bertz CT molecular complexity index is 247. The molecule has 0 aromatic rings. The molecule has 3 unspecified atom stereocenters. The van der Waals surface area contributed by atoms with Gasteiger partial charge in [-0.3, -0.25) is 9.69 Å². The lowest BCUT2D eigenvalue weighted by atomic mass is 10.0. The van der Waals surface area contributed by atoms with Crippen molar-refractivity contribution in [1.29, 1.82) is 0 Å². The summed E-state index contributed by atoms with van der Waals surface area (Å²) in [5.41, 5.74) is 0. The zero-order valence-electron chi connectivity index (χ0n) is 9.19. The van der Waals surface area contributed by atoms with Gasteiger partial charge in [0, 0.05) is 24.8 Å². The van der Waals surface area contributed by atoms with E-state index in [0.29, 0.717) is 18.4 Å². The summed E-state index contributed by atoms with van der Waals surface area (Å²) in [5, 5.41) is 8.75. The largest absolute Gasteiger partial charge is 0.481 e. The minimum Gasteiger partial charge on any atom is -0.481 e. The number of aliphatic carboxylic acids is 1. The van der Waals surface area contributed by atoms with Crippen LogP contribution >= 0.6 is 11.8 Å². The first-order chi connectivity index (χ1) is 7.16. The molecule has 0 radical (unpaired) electrons. The standard InChI is InChI=1S/C11H19NO2S/c1-8-6-15-7-10(8)12-3-2-9(5-12)4-11(13)14/h8-10H,2-7H2,1H3,(H,13,14). The molecule has 1 N–H and O–H groups in total. The zero-order chi connectivity index (χ0) is 10.8. The number of likely N-dealkylation sites (tertiary alicyclic amines) is 1. The Hall–Kier alpha value is -0.220. The Morgan fingerprint density at radius 3 is 2.93 bits per heavy atom. The molecule has 4 heteroatoms. The van der Waals surface area contributed by atoms with Crippen molar-refractivity contribution in [3.8, 4) is 0 Å². The second kappa shape index (κ2) is 4.74. The van der Waals surface area contributed by atoms with E-state index >= 15 is 0 Å². The average Bonchev–Trinajstić information content (AvgIpc) is 2.72. The molecule has 3 atom stereocenters. The van der Waals surface area contributed by atoms with Crippen LogP contribution in [0.15, 0.2) is 0 Å². The molecule has 3 nitrogen and oxygen atoms in total. The number of hydrogen-bond acceptors (Lipinski definition) is 3. The molecule has 2 aliphatic heterocycles. The van der Waals surface area contributed by atoms with Gasteiger partial charge in [-0.15, -0.1) is 0 Å². The van der Waals surface area contributed by atoms with Crippen molar-refractivity contribution in [2.45, 2.75) is 25.8 Å². The SMILES string of the molecule is CC1CSCC1N1CCC(CC(=O)O)C1. The topological polar surface area (TPSA) is 40.5 Å². The van der Waals surface area contributed by atoms with Crippen molar-refractivity contribution in [2.24, 2.45) is 11.8 Å². The number of carbonyl (C=O) groups is 1. The molecule has 86 valence electrons. The fourth-order valence-corrected chi connectivity index (χ4v) is 4.20. The van der Waals surface area contributed by atoms with Gasteiger partial charge in [-0.05, 0) is 30.6 Å². The van der Waals surface area contributed by atoms with Crippen LogP contribution < -0.4 is 0 Å². The van der Waals surface area contributed by atoms with Crippen molar-refractivity contribution >= 4 is 17.7 Å². The van der Waals surface area contributed by atoms with E-state index < -0.39 is 5.97 Å². The van der Waals surface area contributed by atoms with Gasteiger partial charge in [-0.2, -0.15) is 11.8 Å². The molecular weight excluding hydrogens is 210 g/mol. The van der Waals surface area contributed by atoms with Crippen molar-refractivity contribution in [3.05, 3.63) is 0 Å². The third-order valence-corrected chi connectivity index (χ3v) is 4.91. The van der Waals surface area contributed by atoms with E-state index in [-0.39, 0.29) is 0 Å². The molecule has 0 spiro atoms. The summed E-state index contributed by atoms with van der Waals surface area (Å²) in [7, 11) is 0. The van der Waals surface area contributed by atoms with Crippen LogP contribution in [0.1, 0.15) is 19.8 Å². The quantitative estimate of drug-likeness (QED) is 0.797. The summed E-state index contributed by atoms with van der Waals surface area (Å²) in [5.74, 6) is 3.03. The number of hydrogen-bond donors (Lipinski definition) is 1. The minimum absolute atomic E-state index is 0.352. The molecule has 0 saturated carbocycles. The second-order valence-electron chi connectivity index (χ2n) is 4.83. The van der Waals surface area contributed by atoms with Crippen LogP contribution in [0.2, 0.25) is 0 Å². The lowest BCUT2D eigenvalue weighted by molar-refractivity contribution is -0.138. The first-order valence-electron chi connectivity index (χ1n) is 5.70. The molecule has 2 rings (SSSR count). The Labute approximate surface area is 95.2 Å². The lowest BCUT2D eigenvalue weighted by Crippen LogP contribution is -2.37. The molecule has 2 aliphatic rings. The fraction of sp³-hybridized carbons (Fsp3) is 0.909. The maximum Gasteiger partial charge on any atom is 0.303 e. The highest BCUT2D eigenvalue weighted by atomic mass is 32.2. The van der Waals surface area contributed by atoms with E-state index in [1.165, 1.54) is 11.5 Å². The lowest BCUT2D eigenvalue weighted by Gasteiger charge is -2.26. The van der Waals surface area contributed by atoms with Gasteiger partial charge in [0.25, 0.3) is 0 Å². The van der Waals surface area contributed by atoms with Gasteiger partial charge < -0.3 is 5.11 Å². The van der Waals surface area contributed by atoms with Crippen molar-refractivity contribution in [1.82, 2.24) is 4.90 Å². The highest BCUT2D eigenvalue weighted by Crippen LogP contribution is 2.32. The monoisotopic (exact) mass is 229 g/mol. The molecule has 0 aromatic heterocycles. The van der Waals surface area contributed by atoms with Crippen LogP contribution in [0.25, 0.3) is 0 Å². The molecule has 0 amide bonds. The van der Waals surface area contributed by atoms with Crippen molar-refractivity contribution in [2.75, 3.05) is 24.6 Å².